The van der Waals surface area contributed by atoms with Gasteiger partial charge in [-0.3, -0.25) is 9.52 Å². The van der Waals surface area contributed by atoms with Crippen molar-refractivity contribution in [2.45, 2.75) is 31.6 Å². The van der Waals surface area contributed by atoms with Crippen molar-refractivity contribution in [2.75, 3.05) is 17.9 Å². The third kappa shape index (κ3) is 7.73. The molecule has 0 atom stereocenters. The van der Waals surface area contributed by atoms with Crippen molar-refractivity contribution < 1.29 is 22.7 Å². The molecule has 36 heavy (non-hydrogen) atoms. The van der Waals surface area contributed by atoms with Gasteiger partial charge in [0.05, 0.1) is 30.0 Å². The summed E-state index contributed by atoms with van der Waals surface area (Å²) < 4.78 is 39.4. The van der Waals surface area contributed by atoms with Gasteiger partial charge >= 0.3 is 0 Å². The average Bonchev–Trinajstić information content (AvgIpc) is 2.86. The zero-order valence-electron chi connectivity index (χ0n) is 20.0. The average molecular weight is 530 g/mol. The monoisotopic (exact) mass is 529 g/mol. The molecule has 3 aromatic rings. The Kier molecular flexibility index (Phi) is 9.72. The number of hydrazone groups is 1. The molecule has 190 valence electrons. The maximum Gasteiger partial charge on any atom is 0.271 e. The van der Waals surface area contributed by atoms with Crippen LogP contribution in [0.15, 0.2) is 76.7 Å². The number of benzene rings is 3. The summed E-state index contributed by atoms with van der Waals surface area (Å²) in [6.45, 7) is 5.15. The number of halogens is 1. The van der Waals surface area contributed by atoms with E-state index in [0.29, 0.717) is 41.0 Å². The number of nitrogens with zero attached hydrogens (tertiary/aromatic N) is 1. The lowest BCUT2D eigenvalue weighted by Crippen LogP contribution is -2.19. The van der Waals surface area contributed by atoms with Crippen LogP contribution < -0.4 is 19.6 Å². The molecule has 8 nitrogen and oxygen atoms in total. The molecule has 1 amide bonds. The molecule has 0 saturated carbocycles. The predicted molar refractivity (Wildman–Crippen MR) is 142 cm³/mol. The molecular weight excluding hydrogens is 502 g/mol. The van der Waals surface area contributed by atoms with E-state index >= 15 is 0 Å². The Morgan fingerprint density at radius 2 is 1.72 bits per heavy atom. The van der Waals surface area contributed by atoms with Crippen LogP contribution in [-0.2, 0) is 10.0 Å². The fourth-order valence-corrected chi connectivity index (χ4v) is 4.35. The second-order valence-corrected chi connectivity index (χ2v) is 9.86. The molecule has 0 spiro atoms. The van der Waals surface area contributed by atoms with E-state index in [9.17, 15) is 13.2 Å². The summed E-state index contributed by atoms with van der Waals surface area (Å²) in [5.41, 5.74) is 3.53. The number of nitrogens with one attached hydrogen (secondary N) is 2. The molecule has 0 aliphatic rings. The number of sulfonamides is 1. The van der Waals surface area contributed by atoms with Crippen molar-refractivity contribution in [2.24, 2.45) is 5.10 Å². The van der Waals surface area contributed by atoms with Gasteiger partial charge in [0.2, 0.25) is 0 Å². The number of carbonyl (C=O) groups is 1. The first-order chi connectivity index (χ1) is 17.3. The highest BCUT2D eigenvalue weighted by atomic mass is 35.5. The Hall–Kier alpha value is -3.56. The summed E-state index contributed by atoms with van der Waals surface area (Å²) in [7, 11) is -3.93. The number of hydrogen-bond donors (Lipinski definition) is 2. The number of anilines is 1. The Labute approximate surface area is 216 Å². The summed E-state index contributed by atoms with van der Waals surface area (Å²) in [6, 6.07) is 17.4. The topological polar surface area (TPSA) is 106 Å². The quantitative estimate of drug-likeness (QED) is 0.238. The zero-order chi connectivity index (χ0) is 26.0. The van der Waals surface area contributed by atoms with Gasteiger partial charge in [-0.1, -0.05) is 37.6 Å². The minimum absolute atomic E-state index is 0.0722. The molecule has 0 unspecified atom stereocenters. The van der Waals surface area contributed by atoms with Crippen LogP contribution in [-0.4, -0.2) is 33.8 Å². The van der Waals surface area contributed by atoms with Gasteiger partial charge in [0, 0.05) is 22.2 Å². The largest absolute Gasteiger partial charge is 0.493 e. The van der Waals surface area contributed by atoms with Gasteiger partial charge in [-0.2, -0.15) is 5.10 Å². The summed E-state index contributed by atoms with van der Waals surface area (Å²) in [5, 5.41) is 4.42. The normalized spacial score (nSPS) is 11.3. The van der Waals surface area contributed by atoms with Gasteiger partial charge in [0.1, 0.15) is 11.5 Å². The Morgan fingerprint density at radius 3 is 2.47 bits per heavy atom. The highest BCUT2D eigenvalue weighted by Gasteiger charge is 2.17. The first-order valence-corrected chi connectivity index (χ1v) is 13.3. The molecule has 0 aromatic heterocycles. The lowest BCUT2D eigenvalue weighted by Gasteiger charge is -2.11. The van der Waals surface area contributed by atoms with Crippen molar-refractivity contribution in [3.8, 4) is 11.5 Å². The third-order valence-electron chi connectivity index (χ3n) is 4.77. The predicted octanol–water partition coefficient (Wildman–Crippen LogP) is 5.48. The number of rotatable bonds is 12. The molecule has 0 saturated heterocycles. The van der Waals surface area contributed by atoms with Crippen LogP contribution in [0, 0.1) is 0 Å². The fourth-order valence-electron chi connectivity index (χ4n) is 3.06. The van der Waals surface area contributed by atoms with Crippen molar-refractivity contribution in [1.29, 1.82) is 0 Å². The third-order valence-corrected chi connectivity index (χ3v) is 6.39. The van der Waals surface area contributed by atoms with E-state index in [1.165, 1.54) is 36.5 Å². The van der Waals surface area contributed by atoms with Crippen LogP contribution in [0.3, 0.4) is 0 Å². The summed E-state index contributed by atoms with van der Waals surface area (Å²) in [6.07, 6.45) is 3.19. The maximum atomic E-state index is 12.8. The zero-order valence-corrected chi connectivity index (χ0v) is 21.6. The highest BCUT2D eigenvalue weighted by Crippen LogP contribution is 2.24. The van der Waals surface area contributed by atoms with E-state index in [1.54, 1.807) is 36.4 Å². The number of hydrogen-bond acceptors (Lipinski definition) is 6. The summed E-state index contributed by atoms with van der Waals surface area (Å²) >= 11 is 5.93. The minimum Gasteiger partial charge on any atom is -0.493 e. The van der Waals surface area contributed by atoms with Crippen LogP contribution in [0.25, 0.3) is 0 Å². The fraction of sp³-hybridized carbons (Fsp3) is 0.231. The SMILES string of the molecule is CCCOc1ccc(/C=N/NC(=O)c2cccc(S(=O)(=O)Nc3cccc(Cl)c3)c2)c(OCCC)c1. The second-order valence-electron chi connectivity index (χ2n) is 7.74. The van der Waals surface area contributed by atoms with Crippen LogP contribution in [0.5, 0.6) is 11.5 Å². The highest BCUT2D eigenvalue weighted by molar-refractivity contribution is 7.92. The second kappa shape index (κ2) is 12.9. The molecule has 10 heteroatoms. The van der Waals surface area contributed by atoms with Gasteiger partial charge in [0.15, 0.2) is 0 Å². The lowest BCUT2D eigenvalue weighted by molar-refractivity contribution is 0.0955. The van der Waals surface area contributed by atoms with E-state index in [1.807, 2.05) is 13.8 Å². The molecule has 2 N–H and O–H groups in total. The molecule has 0 aliphatic heterocycles. The molecule has 0 radical (unpaired) electrons. The van der Waals surface area contributed by atoms with Crippen molar-refractivity contribution in [3.05, 3.63) is 82.9 Å². The van der Waals surface area contributed by atoms with Crippen molar-refractivity contribution in [1.82, 2.24) is 5.43 Å². The molecule has 3 aromatic carbocycles. The van der Waals surface area contributed by atoms with Gasteiger partial charge in [-0.25, -0.2) is 13.8 Å². The van der Waals surface area contributed by atoms with E-state index in [-0.39, 0.29) is 10.5 Å². The minimum atomic E-state index is -3.93. The molecule has 0 bridgehead atoms. The number of amides is 1. The Morgan fingerprint density at radius 1 is 0.972 bits per heavy atom. The van der Waals surface area contributed by atoms with Crippen LogP contribution in [0.4, 0.5) is 5.69 Å². The Balaban J connectivity index is 1.71. The lowest BCUT2D eigenvalue weighted by atomic mass is 10.2. The van der Waals surface area contributed by atoms with Crippen molar-refractivity contribution >= 4 is 39.4 Å². The van der Waals surface area contributed by atoms with Crippen LogP contribution in [0.2, 0.25) is 5.02 Å². The van der Waals surface area contributed by atoms with Gasteiger partial charge in [-0.15, -0.1) is 0 Å². The molecule has 3 rings (SSSR count). The van der Waals surface area contributed by atoms with Gasteiger partial charge < -0.3 is 9.47 Å². The van der Waals surface area contributed by atoms with Crippen LogP contribution >= 0.6 is 11.6 Å². The molecule has 0 fully saturated rings. The summed E-state index contributed by atoms with van der Waals surface area (Å²) in [5.74, 6) is 0.710. The van der Waals surface area contributed by atoms with Crippen LogP contribution in [0.1, 0.15) is 42.6 Å². The smallest absolute Gasteiger partial charge is 0.271 e. The van der Waals surface area contributed by atoms with Gasteiger partial charge in [0.25, 0.3) is 15.9 Å². The number of ether oxygens (including phenoxy) is 2. The maximum absolute atomic E-state index is 12.8. The van der Waals surface area contributed by atoms with E-state index in [0.717, 1.165) is 12.8 Å². The van der Waals surface area contributed by atoms with E-state index < -0.39 is 15.9 Å². The molecular formula is C26H28ClN3O5S. The Bertz CT molecular complexity index is 1330. The first-order valence-electron chi connectivity index (χ1n) is 11.4. The van der Waals surface area contributed by atoms with Crippen molar-refractivity contribution in [3.63, 3.8) is 0 Å². The molecule has 0 aliphatic carbocycles. The summed E-state index contributed by atoms with van der Waals surface area (Å²) in [4.78, 5) is 12.6. The molecule has 0 heterocycles. The van der Waals surface area contributed by atoms with E-state index in [2.05, 4.69) is 15.2 Å². The van der Waals surface area contributed by atoms with E-state index in [4.69, 9.17) is 21.1 Å². The first kappa shape index (κ1) is 27.0. The van der Waals surface area contributed by atoms with Gasteiger partial charge in [-0.05, 0) is 61.4 Å². The number of carbonyl (C=O) groups excluding carboxylic acids is 1. The standard InChI is InChI=1S/C26H28ClN3O5S/c1-3-13-34-23-12-11-20(25(17-23)35-14-4-2)18-28-29-26(31)19-7-5-10-24(15-19)36(32,33)30-22-9-6-8-21(27)16-22/h5-12,15-18,30H,3-4,13-14H2,1-2H3,(H,29,31)/b28-18+.